The average molecular weight is 449 g/mol. The number of benzene rings is 4. The molecule has 4 aromatic carbocycles. The number of fused-ring (bicyclic) bond motifs is 7. The molecule has 0 aliphatic heterocycles. The smallest absolute Gasteiger partial charge is 0.0434 e. The highest BCUT2D eigenvalue weighted by Crippen LogP contribution is 2.42. The van der Waals surface area contributed by atoms with Crippen LogP contribution in [0.15, 0.2) is 72.8 Å². The van der Waals surface area contributed by atoms with Crippen molar-refractivity contribution < 1.29 is 0 Å². The van der Waals surface area contributed by atoms with Gasteiger partial charge in [0, 0.05) is 20.2 Å². The summed E-state index contributed by atoms with van der Waals surface area (Å²) in [6, 6.07) is 23.0. The van der Waals surface area contributed by atoms with Gasteiger partial charge in [-0.15, -0.1) is 11.3 Å². The molecule has 0 unspecified atom stereocenters. The Balaban J connectivity index is 1.56. The molecule has 0 atom stereocenters. The molecule has 0 aliphatic carbocycles. The third kappa shape index (κ3) is 4.48. The number of hydrogen-bond acceptors (Lipinski definition) is 1. The zero-order valence-electron chi connectivity index (χ0n) is 19.7. The highest BCUT2D eigenvalue weighted by molar-refractivity contribution is 7.27. The van der Waals surface area contributed by atoms with E-state index in [1.54, 1.807) is 0 Å². The van der Waals surface area contributed by atoms with E-state index in [1.807, 2.05) is 11.3 Å². The highest BCUT2D eigenvalue weighted by atomic mass is 32.1. The van der Waals surface area contributed by atoms with Gasteiger partial charge in [0.1, 0.15) is 0 Å². The van der Waals surface area contributed by atoms with Crippen LogP contribution in [0.25, 0.3) is 53.9 Å². The highest BCUT2D eigenvalue weighted by Gasteiger charge is 2.11. The summed E-state index contributed by atoms with van der Waals surface area (Å²) in [5.74, 6) is 0. The first kappa shape index (κ1) is 21.9. The molecule has 0 saturated heterocycles. The van der Waals surface area contributed by atoms with Gasteiger partial charge in [-0.3, -0.25) is 0 Å². The second-order valence-corrected chi connectivity index (χ2v) is 10.1. The number of thiophene rings is 1. The number of rotatable bonds is 8. The summed E-state index contributed by atoms with van der Waals surface area (Å²) in [7, 11) is 0. The third-order valence-electron chi connectivity index (χ3n) is 6.55. The molecule has 0 N–H and O–H groups in total. The minimum absolute atomic E-state index is 1.16. The molecular weight excluding hydrogens is 416 g/mol. The quantitative estimate of drug-likeness (QED) is 0.207. The van der Waals surface area contributed by atoms with Crippen molar-refractivity contribution in [3.63, 3.8) is 0 Å². The molecule has 1 heterocycles. The summed E-state index contributed by atoms with van der Waals surface area (Å²) < 4.78 is 2.81. The Morgan fingerprint density at radius 1 is 0.576 bits per heavy atom. The lowest BCUT2D eigenvalue weighted by atomic mass is 10.0. The van der Waals surface area contributed by atoms with E-state index in [9.17, 15) is 0 Å². The van der Waals surface area contributed by atoms with E-state index >= 15 is 0 Å². The van der Waals surface area contributed by atoms with Crippen LogP contribution in [-0.4, -0.2) is 0 Å². The van der Waals surface area contributed by atoms with Crippen molar-refractivity contribution in [2.75, 3.05) is 0 Å². The Morgan fingerprint density at radius 2 is 1.03 bits per heavy atom. The minimum atomic E-state index is 1.16. The summed E-state index contributed by atoms with van der Waals surface area (Å²) in [6.45, 7) is 4.49. The average Bonchev–Trinajstić information content (AvgIpc) is 3.24. The molecule has 5 aromatic rings. The van der Waals surface area contributed by atoms with Crippen LogP contribution in [0.3, 0.4) is 0 Å². The molecule has 0 aliphatic rings. The monoisotopic (exact) mass is 448 g/mol. The van der Waals surface area contributed by atoms with Gasteiger partial charge in [-0.25, -0.2) is 0 Å². The van der Waals surface area contributed by atoms with Crippen LogP contribution in [0, 0.1) is 0 Å². The first-order chi connectivity index (χ1) is 16.3. The topological polar surface area (TPSA) is 0 Å². The van der Waals surface area contributed by atoms with Gasteiger partial charge >= 0.3 is 0 Å². The van der Waals surface area contributed by atoms with E-state index in [0.717, 1.165) is 12.8 Å². The van der Waals surface area contributed by atoms with Crippen LogP contribution in [0.5, 0.6) is 0 Å². The summed E-state index contributed by atoms with van der Waals surface area (Å²) in [5, 5.41) is 8.13. The number of hydrogen-bond donors (Lipinski definition) is 0. The van der Waals surface area contributed by atoms with Crippen LogP contribution in [0.4, 0.5) is 0 Å². The van der Waals surface area contributed by atoms with E-state index < -0.39 is 0 Å². The normalized spacial score (nSPS) is 12.4. The first-order valence-electron chi connectivity index (χ1n) is 12.4. The molecule has 5 rings (SSSR count). The van der Waals surface area contributed by atoms with Crippen molar-refractivity contribution in [2.24, 2.45) is 0 Å². The second-order valence-electron chi connectivity index (χ2n) is 9.04. The van der Waals surface area contributed by atoms with Gasteiger partial charge in [0.25, 0.3) is 0 Å². The molecule has 166 valence electrons. The SMILES string of the molecule is CCCC/C=C/c1ccc2c(ccc3c4ccc5cc(/C=C/CCCC)ccc5c4sc23)c1. The molecule has 0 radical (unpaired) electrons. The predicted molar refractivity (Wildman–Crippen MR) is 151 cm³/mol. The zero-order chi connectivity index (χ0) is 22.6. The van der Waals surface area contributed by atoms with Crippen LogP contribution >= 0.6 is 11.3 Å². The lowest BCUT2D eigenvalue weighted by molar-refractivity contribution is 0.816. The van der Waals surface area contributed by atoms with E-state index in [1.165, 1.54) is 78.5 Å². The minimum Gasteiger partial charge on any atom is -0.134 e. The maximum Gasteiger partial charge on any atom is 0.0434 e. The molecule has 0 saturated carbocycles. The molecule has 0 bridgehead atoms. The van der Waals surface area contributed by atoms with Gasteiger partial charge in [0.15, 0.2) is 0 Å². The van der Waals surface area contributed by atoms with Crippen molar-refractivity contribution in [1.29, 1.82) is 0 Å². The maximum atomic E-state index is 2.33. The number of allylic oxidation sites excluding steroid dienone is 2. The van der Waals surface area contributed by atoms with Crippen molar-refractivity contribution in [3.8, 4) is 0 Å². The molecule has 1 heteroatoms. The fourth-order valence-electron chi connectivity index (χ4n) is 4.68. The summed E-state index contributed by atoms with van der Waals surface area (Å²) in [5.41, 5.74) is 2.59. The fourth-order valence-corrected chi connectivity index (χ4v) is 6.05. The molecule has 0 nitrogen and oxygen atoms in total. The maximum absolute atomic E-state index is 2.33. The Labute approximate surface area is 201 Å². The second kappa shape index (κ2) is 9.93. The van der Waals surface area contributed by atoms with E-state index in [2.05, 4.69) is 98.8 Å². The largest absolute Gasteiger partial charge is 0.134 e. The zero-order valence-corrected chi connectivity index (χ0v) is 20.6. The molecule has 0 fully saturated rings. The molecule has 0 amide bonds. The third-order valence-corrected chi connectivity index (χ3v) is 7.84. The molecule has 0 spiro atoms. The molecular formula is C32H32S. The van der Waals surface area contributed by atoms with Gasteiger partial charge in [0.05, 0.1) is 0 Å². The lowest BCUT2D eigenvalue weighted by Crippen LogP contribution is -1.78. The van der Waals surface area contributed by atoms with Gasteiger partial charge in [-0.05, 0) is 57.6 Å². The Hall–Kier alpha value is -2.90. The van der Waals surface area contributed by atoms with Crippen LogP contribution < -0.4 is 0 Å². The van der Waals surface area contributed by atoms with Crippen molar-refractivity contribution >= 4 is 65.2 Å². The van der Waals surface area contributed by atoms with Gasteiger partial charge in [-0.1, -0.05) is 112 Å². The molecule has 33 heavy (non-hydrogen) atoms. The fraction of sp³-hybridized carbons (Fsp3) is 0.250. The lowest BCUT2D eigenvalue weighted by Gasteiger charge is -2.02. The van der Waals surface area contributed by atoms with Crippen LogP contribution in [-0.2, 0) is 0 Å². The summed E-state index contributed by atoms with van der Waals surface area (Å²) in [6.07, 6.45) is 16.5. The molecule has 1 aromatic heterocycles. The predicted octanol–water partition coefficient (Wildman–Crippen LogP) is 10.8. The van der Waals surface area contributed by atoms with E-state index in [-0.39, 0.29) is 0 Å². The van der Waals surface area contributed by atoms with Crippen LogP contribution in [0.2, 0.25) is 0 Å². The van der Waals surface area contributed by atoms with Crippen molar-refractivity contribution in [3.05, 3.63) is 83.9 Å². The summed E-state index contributed by atoms with van der Waals surface area (Å²) >= 11 is 1.95. The van der Waals surface area contributed by atoms with Gasteiger partial charge in [-0.2, -0.15) is 0 Å². The van der Waals surface area contributed by atoms with E-state index in [0.29, 0.717) is 0 Å². The van der Waals surface area contributed by atoms with Crippen molar-refractivity contribution in [2.45, 2.75) is 52.4 Å². The Morgan fingerprint density at radius 3 is 1.48 bits per heavy atom. The van der Waals surface area contributed by atoms with Gasteiger partial charge < -0.3 is 0 Å². The standard InChI is InChI=1S/C32H32S/c1-3-5-7-9-11-23-13-17-27-25(21-23)15-19-29-30-20-16-26-22-24(12-10-8-6-4-2)14-18-28(26)32(30)33-31(27)29/h9-22H,3-8H2,1-2H3/b11-9+,12-10+. The van der Waals surface area contributed by atoms with Crippen molar-refractivity contribution in [1.82, 2.24) is 0 Å². The van der Waals surface area contributed by atoms with E-state index in [4.69, 9.17) is 0 Å². The van der Waals surface area contributed by atoms with Crippen LogP contribution in [0.1, 0.15) is 63.5 Å². The summed E-state index contributed by atoms with van der Waals surface area (Å²) in [4.78, 5) is 0. The Kier molecular flexibility index (Phi) is 6.60. The Bertz CT molecular complexity index is 1370. The number of unbranched alkanes of at least 4 members (excludes halogenated alkanes) is 4. The first-order valence-corrected chi connectivity index (χ1v) is 13.2. The van der Waals surface area contributed by atoms with Gasteiger partial charge in [0.2, 0.25) is 0 Å².